The Hall–Kier alpha value is -3.63. The molecule has 0 bridgehead atoms. The molecule has 1 aliphatic rings. The number of carboxylic acid groups (broad SMARTS) is 1. The Balaban J connectivity index is 0.00000159. The fraction of sp³-hybridized carbons (Fsp3) is 0.577. The van der Waals surface area contributed by atoms with E-state index in [0.717, 1.165) is 45.4 Å². The Morgan fingerprint density at radius 1 is 1.05 bits per heavy atom. The van der Waals surface area contributed by atoms with E-state index in [1.165, 1.54) is 5.56 Å². The average Bonchev–Trinajstić information content (AvgIpc) is 3.11. The third kappa shape index (κ3) is 14.5. The first-order valence-corrected chi connectivity index (χ1v) is 12.7. The van der Waals surface area contributed by atoms with Crippen molar-refractivity contribution >= 4 is 29.7 Å². The minimum Gasteiger partial charge on any atom is -0.481 e. The Bertz CT molecular complexity index is 885. The first-order chi connectivity index (χ1) is 17.6. The summed E-state index contributed by atoms with van der Waals surface area (Å²) in [7, 11) is 0. The summed E-state index contributed by atoms with van der Waals surface area (Å²) in [5.41, 5.74) is 17.1. The zero-order valence-electron chi connectivity index (χ0n) is 21.7. The highest BCUT2D eigenvalue weighted by atomic mass is 16.4. The lowest BCUT2D eigenvalue weighted by molar-refractivity contribution is -0.134. The van der Waals surface area contributed by atoms with Crippen molar-refractivity contribution in [2.45, 2.75) is 70.8 Å². The molecule has 2 rings (SSSR count). The van der Waals surface area contributed by atoms with E-state index in [4.69, 9.17) is 27.1 Å². The number of rotatable bonds is 15. The minimum atomic E-state index is -0.833. The quantitative estimate of drug-likeness (QED) is 0.130. The van der Waals surface area contributed by atoms with Crippen LogP contribution in [0.3, 0.4) is 0 Å². The zero-order chi connectivity index (χ0) is 27.6. The second kappa shape index (κ2) is 17.7. The maximum absolute atomic E-state index is 12.9. The fourth-order valence-corrected chi connectivity index (χ4v) is 4.25. The van der Waals surface area contributed by atoms with Gasteiger partial charge in [-0.15, -0.1) is 0 Å². The first-order valence-electron chi connectivity index (χ1n) is 12.7. The molecule has 1 fully saturated rings. The number of likely N-dealkylation sites (tertiary alicyclic amines) is 1. The standard InChI is InChI=1S/C24H38N6O3.C2H4O2/c25-21(31)16-19-15-20(17-29-22(32)12-6-1-2-7-13-28-24(26)27)30(23(19)33)14-8-11-18-9-4-3-5-10-18;1-2(3)4/h3-5,9-10,19-20H,1-2,6-8,11-17H2,(H2,25,31)(H,29,32)(H4,26,27,28);1H3,(H,3,4)/t19-,20-;/m0./s1. The number of guanidine groups is 1. The molecule has 1 aliphatic heterocycles. The molecule has 1 aromatic rings. The van der Waals surface area contributed by atoms with E-state index in [1.54, 1.807) is 0 Å². The maximum atomic E-state index is 12.9. The number of carboxylic acids is 1. The number of hydrogen-bond donors (Lipinski definition) is 5. The van der Waals surface area contributed by atoms with Gasteiger partial charge in [0, 0.05) is 51.4 Å². The molecule has 11 nitrogen and oxygen atoms in total. The van der Waals surface area contributed by atoms with Gasteiger partial charge in [0.15, 0.2) is 5.96 Å². The highest BCUT2D eigenvalue weighted by Crippen LogP contribution is 2.27. The highest BCUT2D eigenvalue weighted by molar-refractivity contribution is 5.87. The number of carbonyl (C=O) groups is 4. The molecule has 2 atom stereocenters. The number of unbranched alkanes of at least 4 members (excludes halogenated alkanes) is 3. The van der Waals surface area contributed by atoms with Gasteiger partial charge in [-0.2, -0.15) is 0 Å². The molecule has 0 saturated carbocycles. The van der Waals surface area contributed by atoms with E-state index >= 15 is 0 Å². The summed E-state index contributed by atoms with van der Waals surface area (Å²) < 4.78 is 0. The van der Waals surface area contributed by atoms with Crippen molar-refractivity contribution in [3.63, 3.8) is 0 Å². The van der Waals surface area contributed by atoms with Crippen molar-refractivity contribution < 1.29 is 24.3 Å². The number of aliphatic imine (C=N–C) groups is 1. The van der Waals surface area contributed by atoms with Crippen LogP contribution in [0.1, 0.15) is 63.9 Å². The van der Waals surface area contributed by atoms with Gasteiger partial charge in [-0.3, -0.25) is 24.2 Å². The van der Waals surface area contributed by atoms with Crippen LogP contribution in [0.25, 0.3) is 0 Å². The van der Waals surface area contributed by atoms with Crippen LogP contribution in [0, 0.1) is 5.92 Å². The van der Waals surface area contributed by atoms with Gasteiger partial charge in [0.2, 0.25) is 17.7 Å². The fourth-order valence-electron chi connectivity index (χ4n) is 4.25. The predicted octanol–water partition coefficient (Wildman–Crippen LogP) is 1.14. The van der Waals surface area contributed by atoms with Crippen LogP contribution < -0.4 is 22.5 Å². The maximum Gasteiger partial charge on any atom is 0.300 e. The molecule has 0 unspecified atom stereocenters. The SMILES string of the molecule is CC(=O)O.NC(=O)C[C@@H]1C[C@@H](CNC(=O)CCCCCCN=C(N)N)N(CCCc2ccccc2)C1=O. The lowest BCUT2D eigenvalue weighted by atomic mass is 10.0. The van der Waals surface area contributed by atoms with Crippen molar-refractivity contribution in [3.8, 4) is 0 Å². The molecule has 206 valence electrons. The second-order valence-electron chi connectivity index (χ2n) is 9.17. The molecule has 0 spiro atoms. The van der Waals surface area contributed by atoms with Crippen molar-refractivity contribution in [2.75, 3.05) is 19.6 Å². The first kappa shape index (κ1) is 31.4. The summed E-state index contributed by atoms with van der Waals surface area (Å²) in [5, 5.41) is 10.4. The van der Waals surface area contributed by atoms with E-state index in [-0.39, 0.29) is 30.2 Å². The summed E-state index contributed by atoms with van der Waals surface area (Å²) in [6.45, 7) is 2.69. The lowest BCUT2D eigenvalue weighted by Crippen LogP contribution is -2.42. The summed E-state index contributed by atoms with van der Waals surface area (Å²) in [6.07, 6.45) is 6.31. The third-order valence-corrected chi connectivity index (χ3v) is 5.93. The van der Waals surface area contributed by atoms with E-state index in [0.29, 0.717) is 32.5 Å². The predicted molar refractivity (Wildman–Crippen MR) is 142 cm³/mol. The zero-order valence-corrected chi connectivity index (χ0v) is 21.7. The van der Waals surface area contributed by atoms with Crippen LogP contribution >= 0.6 is 0 Å². The minimum absolute atomic E-state index is 0.0192. The molecular formula is C26H42N6O5. The number of aliphatic carboxylic acids is 1. The molecular weight excluding hydrogens is 476 g/mol. The Morgan fingerprint density at radius 2 is 1.70 bits per heavy atom. The smallest absolute Gasteiger partial charge is 0.300 e. The van der Waals surface area contributed by atoms with Gasteiger partial charge in [-0.05, 0) is 37.7 Å². The molecule has 8 N–H and O–H groups in total. The van der Waals surface area contributed by atoms with Gasteiger partial charge in [0.25, 0.3) is 5.97 Å². The number of nitrogens with two attached hydrogens (primary N) is 3. The topological polar surface area (TPSA) is 194 Å². The monoisotopic (exact) mass is 518 g/mol. The Labute approximate surface area is 218 Å². The second-order valence-corrected chi connectivity index (χ2v) is 9.17. The molecule has 11 heteroatoms. The number of primary amides is 1. The highest BCUT2D eigenvalue weighted by Gasteiger charge is 2.39. The van der Waals surface area contributed by atoms with E-state index in [1.807, 2.05) is 23.1 Å². The van der Waals surface area contributed by atoms with Crippen molar-refractivity contribution in [2.24, 2.45) is 28.1 Å². The molecule has 1 saturated heterocycles. The van der Waals surface area contributed by atoms with Gasteiger partial charge < -0.3 is 32.5 Å². The van der Waals surface area contributed by atoms with Crippen LogP contribution in [0.15, 0.2) is 35.3 Å². The van der Waals surface area contributed by atoms with E-state index < -0.39 is 17.8 Å². The summed E-state index contributed by atoms with van der Waals surface area (Å²) in [4.78, 5) is 51.3. The molecule has 37 heavy (non-hydrogen) atoms. The number of aryl methyl sites for hydroxylation is 1. The van der Waals surface area contributed by atoms with Crippen LogP contribution in [0.5, 0.6) is 0 Å². The van der Waals surface area contributed by atoms with E-state index in [9.17, 15) is 14.4 Å². The van der Waals surface area contributed by atoms with Crippen LogP contribution in [0.2, 0.25) is 0 Å². The van der Waals surface area contributed by atoms with Gasteiger partial charge in [0.1, 0.15) is 0 Å². The number of benzene rings is 1. The van der Waals surface area contributed by atoms with Crippen molar-refractivity contribution in [3.05, 3.63) is 35.9 Å². The normalized spacial score (nSPS) is 16.5. The van der Waals surface area contributed by atoms with Crippen molar-refractivity contribution in [1.29, 1.82) is 0 Å². The van der Waals surface area contributed by atoms with Crippen LogP contribution in [0.4, 0.5) is 0 Å². The summed E-state index contributed by atoms with van der Waals surface area (Å²) in [6, 6.07) is 10.0. The van der Waals surface area contributed by atoms with E-state index in [2.05, 4.69) is 22.4 Å². The molecule has 0 aliphatic carbocycles. The Kier molecular flexibility index (Phi) is 15.1. The molecule has 0 radical (unpaired) electrons. The number of nitrogens with one attached hydrogen (secondary N) is 1. The van der Waals surface area contributed by atoms with Crippen LogP contribution in [-0.2, 0) is 25.6 Å². The van der Waals surface area contributed by atoms with Gasteiger partial charge in [-0.25, -0.2) is 0 Å². The number of hydrogen-bond acceptors (Lipinski definition) is 5. The average molecular weight is 519 g/mol. The number of nitrogens with zero attached hydrogens (tertiary/aromatic N) is 2. The van der Waals surface area contributed by atoms with Gasteiger partial charge >= 0.3 is 0 Å². The number of carbonyl (C=O) groups excluding carboxylic acids is 3. The molecule has 0 aromatic heterocycles. The largest absolute Gasteiger partial charge is 0.481 e. The van der Waals surface area contributed by atoms with Gasteiger partial charge in [0.05, 0.1) is 0 Å². The summed E-state index contributed by atoms with van der Waals surface area (Å²) >= 11 is 0. The lowest BCUT2D eigenvalue weighted by Gasteiger charge is -2.25. The summed E-state index contributed by atoms with van der Waals surface area (Å²) in [5.74, 6) is -1.66. The Morgan fingerprint density at radius 3 is 2.32 bits per heavy atom. The van der Waals surface area contributed by atoms with Crippen LogP contribution in [-0.4, -0.2) is 65.3 Å². The van der Waals surface area contributed by atoms with Crippen molar-refractivity contribution in [1.82, 2.24) is 10.2 Å². The molecule has 1 aromatic carbocycles. The number of amides is 3. The molecule has 1 heterocycles. The van der Waals surface area contributed by atoms with Gasteiger partial charge in [-0.1, -0.05) is 43.2 Å². The molecule has 3 amide bonds. The third-order valence-electron chi connectivity index (χ3n) is 5.93.